The van der Waals surface area contributed by atoms with Crippen LogP contribution in [0.15, 0.2) is 23.8 Å². The van der Waals surface area contributed by atoms with E-state index in [0.717, 1.165) is 37.0 Å². The van der Waals surface area contributed by atoms with Crippen molar-refractivity contribution in [1.29, 1.82) is 0 Å². The van der Waals surface area contributed by atoms with Crippen molar-refractivity contribution in [2.24, 2.45) is 23.2 Å². The van der Waals surface area contributed by atoms with Crippen LogP contribution in [-0.4, -0.2) is 77.1 Å². The second-order valence-corrected chi connectivity index (χ2v) is 13.5. The van der Waals surface area contributed by atoms with Crippen molar-refractivity contribution in [3.05, 3.63) is 32.9 Å². The first kappa shape index (κ1) is 29.6. The maximum Gasteiger partial charge on any atom is 0.247 e. The molecule has 0 aliphatic heterocycles. The number of carbonyl (C=O) groups excluding carboxylic acids is 2. The molecule has 9 nitrogen and oxygen atoms in total. The molecule has 0 spiro atoms. The lowest BCUT2D eigenvalue weighted by Gasteiger charge is -2.58. The zero-order valence-corrected chi connectivity index (χ0v) is 25.4. The Morgan fingerprint density at radius 3 is 2.33 bits per heavy atom. The van der Waals surface area contributed by atoms with Crippen LogP contribution in [0.2, 0.25) is 0 Å². The molecule has 5 aliphatic rings. The highest BCUT2D eigenvalue weighted by Gasteiger charge is 2.53. The van der Waals surface area contributed by atoms with Gasteiger partial charge >= 0.3 is 0 Å². The van der Waals surface area contributed by atoms with E-state index in [4.69, 9.17) is 9.47 Å². The molecule has 220 valence electrons. The minimum Gasteiger partial charge on any atom is -0.493 e. The van der Waals surface area contributed by atoms with Gasteiger partial charge in [0.25, 0.3) is 0 Å². The number of methoxy groups -OCH3 is 1. The monoisotopic (exact) mass is 668 g/mol. The molecule has 40 heavy (non-hydrogen) atoms. The molecule has 2 amide bonds. The Bertz CT molecular complexity index is 1120. The molecule has 0 saturated heterocycles. The first-order valence-corrected chi connectivity index (χ1v) is 15.4. The van der Waals surface area contributed by atoms with E-state index >= 15 is 0 Å². The summed E-state index contributed by atoms with van der Waals surface area (Å²) in [5.41, 5.74) is 1.13. The smallest absolute Gasteiger partial charge is 0.247 e. The number of ether oxygens (including phenoxy) is 2. The maximum atomic E-state index is 13.2. The van der Waals surface area contributed by atoms with Crippen molar-refractivity contribution in [3.8, 4) is 11.5 Å². The molecule has 1 aromatic rings. The number of hydrogen-bond donors (Lipinski definition) is 4. The van der Waals surface area contributed by atoms with Crippen LogP contribution in [-0.2, 0) is 16.2 Å². The zero-order valence-electron chi connectivity index (χ0n) is 23.3. The Kier molecular flexibility index (Phi) is 8.99. The highest BCUT2D eigenvalue weighted by atomic mass is 127. The molecular weight excluding hydrogens is 627 g/mol. The molecule has 1 aromatic carbocycles. The number of nitrogens with zero attached hydrogens (tertiary/aromatic N) is 1. The fourth-order valence-corrected chi connectivity index (χ4v) is 8.99. The normalized spacial score (nSPS) is 32.4. The van der Waals surface area contributed by atoms with Crippen molar-refractivity contribution in [1.82, 2.24) is 10.2 Å². The van der Waals surface area contributed by atoms with Crippen molar-refractivity contribution >= 4 is 34.4 Å². The Morgan fingerprint density at radius 2 is 1.77 bits per heavy atom. The summed E-state index contributed by atoms with van der Waals surface area (Å²) < 4.78 is 12.6. The van der Waals surface area contributed by atoms with Gasteiger partial charge in [-0.1, -0.05) is 0 Å². The number of hydrogen-bond acceptors (Lipinski definition) is 7. The summed E-state index contributed by atoms with van der Waals surface area (Å²) in [7, 11) is 1.51. The van der Waals surface area contributed by atoms with E-state index in [1.54, 1.807) is 30.0 Å². The summed E-state index contributed by atoms with van der Waals surface area (Å²) in [6.07, 6.45) is 7.08. The summed E-state index contributed by atoms with van der Waals surface area (Å²) >= 11 is 2.10. The first-order valence-electron chi connectivity index (χ1n) is 14.3. The lowest BCUT2D eigenvalue weighted by molar-refractivity contribution is -0.144. The molecule has 4 saturated carbocycles. The molecule has 4 bridgehead atoms. The Morgan fingerprint density at radius 1 is 1.12 bits per heavy atom. The largest absolute Gasteiger partial charge is 0.493 e. The third-order valence-electron chi connectivity index (χ3n) is 9.42. The van der Waals surface area contributed by atoms with E-state index in [2.05, 4.69) is 27.9 Å². The van der Waals surface area contributed by atoms with Crippen LogP contribution in [0.5, 0.6) is 11.5 Å². The lowest BCUT2D eigenvalue weighted by atomic mass is 9.49. The molecular formula is C30H41IN2O7. The van der Waals surface area contributed by atoms with E-state index < -0.39 is 18.2 Å². The Labute approximate surface area is 249 Å². The van der Waals surface area contributed by atoms with Gasteiger partial charge < -0.3 is 35.0 Å². The Hall–Kier alpha value is -1.89. The number of rotatable bonds is 10. The molecule has 0 heterocycles. The minimum atomic E-state index is -1.08. The predicted molar refractivity (Wildman–Crippen MR) is 157 cm³/mol. The van der Waals surface area contributed by atoms with Crippen molar-refractivity contribution in [3.63, 3.8) is 0 Å². The number of benzene rings is 1. The molecule has 0 radical (unpaired) electrons. The summed E-state index contributed by atoms with van der Waals surface area (Å²) in [6.45, 7) is 1.88. The summed E-state index contributed by atoms with van der Waals surface area (Å²) in [5, 5.41) is 33.3. The number of nitrogens with one attached hydrogen (secondary N) is 1. The van der Waals surface area contributed by atoms with Crippen molar-refractivity contribution < 1.29 is 34.4 Å². The maximum absolute atomic E-state index is 13.2. The second-order valence-electron chi connectivity index (χ2n) is 12.3. The fraction of sp³-hybridized carbons (Fsp3) is 0.667. The van der Waals surface area contributed by atoms with E-state index in [1.165, 1.54) is 26.4 Å². The van der Waals surface area contributed by atoms with Crippen LogP contribution in [0, 0.1) is 26.7 Å². The van der Waals surface area contributed by atoms with Crippen LogP contribution in [0.3, 0.4) is 0 Å². The minimum absolute atomic E-state index is 0.0652. The van der Waals surface area contributed by atoms with Gasteiger partial charge in [-0.15, -0.1) is 0 Å². The SMILES string of the molecule is COc1cc(CO)cc(I)c1O[C@H]1C=C(C(=O)NCCO)C[C@@H](N(CC23CC4CC(CC(C4)C2)C3)C(C)=O)[C@@H]1O. The van der Waals surface area contributed by atoms with Gasteiger partial charge in [-0.3, -0.25) is 9.59 Å². The molecule has 4 N–H and O–H groups in total. The standard InChI is InChI=1S/C30H41IN2O7/c1-17(36)33(16-30-12-18-5-19(13-30)7-20(6-18)14-30)24-10-22(29(38)32-3-4-34)11-25(27(24)37)40-28-23(31)8-21(15-35)9-26(28)39-2/h8-9,11,18-20,24-25,27,34-35,37H,3-7,10,12-16H2,1-2H3,(H,32,38)/t18?,19?,20?,24-,25+,27+,30?/m1/s1. The van der Waals surface area contributed by atoms with Gasteiger partial charge in [0.1, 0.15) is 12.2 Å². The van der Waals surface area contributed by atoms with Crippen LogP contribution in [0.4, 0.5) is 0 Å². The summed E-state index contributed by atoms with van der Waals surface area (Å²) in [5.74, 6) is 2.51. The van der Waals surface area contributed by atoms with Gasteiger partial charge in [-0.2, -0.15) is 0 Å². The number of aliphatic hydroxyl groups excluding tert-OH is 3. The van der Waals surface area contributed by atoms with Crippen LogP contribution in [0.1, 0.15) is 57.4 Å². The molecule has 5 aliphatic carbocycles. The highest BCUT2D eigenvalue weighted by Crippen LogP contribution is 2.60. The average Bonchev–Trinajstić information content (AvgIpc) is 2.91. The predicted octanol–water partition coefficient (Wildman–Crippen LogP) is 2.77. The molecule has 0 aromatic heterocycles. The van der Waals surface area contributed by atoms with Gasteiger partial charge in [0, 0.05) is 32.0 Å². The fourth-order valence-electron chi connectivity index (χ4n) is 8.20. The topological polar surface area (TPSA) is 129 Å². The molecule has 0 unspecified atom stereocenters. The van der Waals surface area contributed by atoms with Gasteiger partial charge in [0.05, 0.1) is 29.9 Å². The van der Waals surface area contributed by atoms with E-state index in [1.807, 2.05) is 0 Å². The molecule has 4 fully saturated rings. The number of aliphatic hydroxyl groups is 3. The summed E-state index contributed by atoms with van der Waals surface area (Å²) in [4.78, 5) is 28.1. The quantitative estimate of drug-likeness (QED) is 0.283. The van der Waals surface area contributed by atoms with Crippen LogP contribution >= 0.6 is 22.6 Å². The Balaban J connectivity index is 1.45. The number of amides is 2. The third kappa shape index (κ3) is 6.00. The van der Waals surface area contributed by atoms with Crippen LogP contribution in [0.25, 0.3) is 0 Å². The first-order chi connectivity index (χ1) is 19.1. The van der Waals surface area contributed by atoms with Gasteiger partial charge in [-0.25, -0.2) is 0 Å². The van der Waals surface area contributed by atoms with E-state index in [9.17, 15) is 24.9 Å². The van der Waals surface area contributed by atoms with Gasteiger partial charge in [0.15, 0.2) is 11.5 Å². The van der Waals surface area contributed by atoms with Crippen molar-refractivity contribution in [2.75, 3.05) is 26.8 Å². The summed E-state index contributed by atoms with van der Waals surface area (Å²) in [6, 6.07) is 2.81. The second kappa shape index (κ2) is 12.1. The molecule has 6 rings (SSSR count). The molecule has 10 heteroatoms. The number of halogens is 1. The van der Waals surface area contributed by atoms with Gasteiger partial charge in [0.2, 0.25) is 11.8 Å². The molecule has 3 atom stereocenters. The zero-order chi connectivity index (χ0) is 28.6. The number of carbonyl (C=O) groups is 2. The third-order valence-corrected chi connectivity index (χ3v) is 10.2. The van der Waals surface area contributed by atoms with Crippen LogP contribution < -0.4 is 14.8 Å². The van der Waals surface area contributed by atoms with E-state index in [0.29, 0.717) is 32.8 Å². The van der Waals surface area contributed by atoms with Gasteiger partial charge in [-0.05, 0) is 108 Å². The lowest BCUT2D eigenvalue weighted by Crippen LogP contribution is -2.59. The highest BCUT2D eigenvalue weighted by molar-refractivity contribution is 14.1. The van der Waals surface area contributed by atoms with E-state index in [-0.39, 0.29) is 43.4 Å². The van der Waals surface area contributed by atoms with Crippen molar-refractivity contribution in [2.45, 2.75) is 76.7 Å². The average molecular weight is 669 g/mol.